The number of hydrogen-bond acceptors (Lipinski definition) is 5. The number of hydrazine groups is 2. The van der Waals surface area contributed by atoms with Crippen LogP contribution in [-0.2, 0) is 0 Å². The quantitative estimate of drug-likeness (QED) is 0.606. The Morgan fingerprint density at radius 3 is 2.48 bits per heavy atom. The number of pyridine rings is 1. The van der Waals surface area contributed by atoms with Crippen LogP contribution in [0, 0.1) is 0 Å². The van der Waals surface area contributed by atoms with Crippen molar-refractivity contribution in [3.63, 3.8) is 0 Å². The van der Waals surface area contributed by atoms with Gasteiger partial charge in [-0.05, 0) is 37.1 Å². The standard InChI is InChI=1S/C21H23N5O/c27-21(24-25-26-13-7-2-8-14-26)18-15-20(22-16-9-3-1-4-10-16)23-19-12-6-5-11-17(18)19/h1,3-6,9-12,15,25H,2,7-8,13-14H2,(H,22,23)(H,24,27). The highest BCUT2D eigenvalue weighted by atomic mass is 16.2. The molecule has 0 bridgehead atoms. The molecule has 0 aliphatic carbocycles. The first-order valence-electron chi connectivity index (χ1n) is 9.32. The largest absolute Gasteiger partial charge is 0.340 e. The average molecular weight is 361 g/mol. The Morgan fingerprint density at radius 1 is 0.926 bits per heavy atom. The van der Waals surface area contributed by atoms with Gasteiger partial charge in [-0.1, -0.05) is 42.8 Å². The van der Waals surface area contributed by atoms with Crippen LogP contribution in [0.2, 0.25) is 0 Å². The lowest BCUT2D eigenvalue weighted by Gasteiger charge is -2.27. The van der Waals surface area contributed by atoms with Crippen molar-refractivity contribution in [2.24, 2.45) is 0 Å². The van der Waals surface area contributed by atoms with Gasteiger partial charge in [0.2, 0.25) is 0 Å². The summed E-state index contributed by atoms with van der Waals surface area (Å²) in [4.78, 5) is 17.5. The third-order valence-electron chi connectivity index (χ3n) is 4.69. The van der Waals surface area contributed by atoms with E-state index in [1.165, 1.54) is 6.42 Å². The summed E-state index contributed by atoms with van der Waals surface area (Å²) in [5.74, 6) is 0.471. The molecule has 0 unspecified atom stereocenters. The highest BCUT2D eigenvalue weighted by Crippen LogP contribution is 2.23. The second-order valence-corrected chi connectivity index (χ2v) is 6.68. The molecule has 3 aromatic rings. The molecule has 0 radical (unpaired) electrons. The number of benzene rings is 2. The number of anilines is 2. The second-order valence-electron chi connectivity index (χ2n) is 6.68. The summed E-state index contributed by atoms with van der Waals surface area (Å²) >= 11 is 0. The SMILES string of the molecule is O=C(NNN1CCCCC1)c1cc(Nc2ccccc2)nc2ccccc12. The molecule has 1 aliphatic heterocycles. The van der Waals surface area contributed by atoms with E-state index in [-0.39, 0.29) is 5.91 Å². The van der Waals surface area contributed by atoms with E-state index in [4.69, 9.17) is 0 Å². The zero-order chi connectivity index (χ0) is 18.5. The van der Waals surface area contributed by atoms with Crippen LogP contribution in [0.4, 0.5) is 11.5 Å². The van der Waals surface area contributed by atoms with E-state index in [1.54, 1.807) is 6.07 Å². The summed E-state index contributed by atoms with van der Waals surface area (Å²) < 4.78 is 0. The number of carbonyl (C=O) groups is 1. The fraction of sp³-hybridized carbons (Fsp3) is 0.238. The third-order valence-corrected chi connectivity index (χ3v) is 4.69. The predicted molar refractivity (Wildman–Crippen MR) is 107 cm³/mol. The van der Waals surface area contributed by atoms with Crippen molar-refractivity contribution in [3.8, 4) is 0 Å². The molecule has 4 rings (SSSR count). The summed E-state index contributed by atoms with van der Waals surface area (Å²) in [5.41, 5.74) is 8.17. The van der Waals surface area contributed by atoms with Crippen molar-refractivity contribution in [1.82, 2.24) is 21.0 Å². The minimum absolute atomic E-state index is 0.171. The summed E-state index contributed by atoms with van der Waals surface area (Å²) in [7, 11) is 0. The van der Waals surface area contributed by atoms with Crippen molar-refractivity contribution in [2.45, 2.75) is 19.3 Å². The van der Waals surface area contributed by atoms with E-state index < -0.39 is 0 Å². The van der Waals surface area contributed by atoms with Crippen LogP contribution in [0.5, 0.6) is 0 Å². The van der Waals surface area contributed by atoms with Crippen molar-refractivity contribution < 1.29 is 4.79 Å². The monoisotopic (exact) mass is 361 g/mol. The Morgan fingerprint density at radius 2 is 1.67 bits per heavy atom. The summed E-state index contributed by atoms with van der Waals surface area (Å²) in [6.45, 7) is 1.89. The highest BCUT2D eigenvalue weighted by Gasteiger charge is 2.15. The number of amides is 1. The van der Waals surface area contributed by atoms with Gasteiger partial charge in [0.1, 0.15) is 5.82 Å². The van der Waals surface area contributed by atoms with Gasteiger partial charge < -0.3 is 5.32 Å². The van der Waals surface area contributed by atoms with Crippen molar-refractivity contribution in [1.29, 1.82) is 0 Å². The van der Waals surface area contributed by atoms with E-state index in [2.05, 4.69) is 21.3 Å². The zero-order valence-electron chi connectivity index (χ0n) is 15.1. The molecule has 6 nitrogen and oxygen atoms in total. The molecule has 0 saturated carbocycles. The third kappa shape index (κ3) is 4.24. The Kier molecular flexibility index (Phi) is 5.27. The summed E-state index contributed by atoms with van der Waals surface area (Å²) in [6.07, 6.45) is 3.54. The van der Waals surface area contributed by atoms with Crippen molar-refractivity contribution >= 4 is 28.3 Å². The lowest BCUT2D eigenvalue weighted by molar-refractivity contribution is 0.0778. The molecule has 1 amide bonds. The minimum Gasteiger partial charge on any atom is -0.340 e. The average Bonchev–Trinajstić information content (AvgIpc) is 2.73. The molecule has 1 aliphatic rings. The fourth-order valence-electron chi connectivity index (χ4n) is 3.30. The molecule has 3 N–H and O–H groups in total. The van der Waals surface area contributed by atoms with E-state index in [0.717, 1.165) is 42.5 Å². The van der Waals surface area contributed by atoms with E-state index in [9.17, 15) is 4.79 Å². The Hall–Kier alpha value is -2.96. The second kappa shape index (κ2) is 8.16. The molecular weight excluding hydrogens is 338 g/mol. The minimum atomic E-state index is -0.171. The van der Waals surface area contributed by atoms with E-state index in [0.29, 0.717) is 11.4 Å². The van der Waals surface area contributed by atoms with Crippen LogP contribution in [0.25, 0.3) is 10.9 Å². The molecule has 2 aromatic carbocycles. The number of aromatic nitrogens is 1. The molecule has 27 heavy (non-hydrogen) atoms. The van der Waals surface area contributed by atoms with Gasteiger partial charge in [0.05, 0.1) is 11.1 Å². The van der Waals surface area contributed by atoms with Gasteiger partial charge in [0.25, 0.3) is 5.91 Å². The lowest BCUT2D eigenvalue weighted by atomic mass is 10.1. The van der Waals surface area contributed by atoms with Gasteiger partial charge in [0, 0.05) is 24.2 Å². The maximum absolute atomic E-state index is 12.9. The van der Waals surface area contributed by atoms with Crippen LogP contribution >= 0.6 is 0 Å². The zero-order valence-corrected chi connectivity index (χ0v) is 15.1. The van der Waals surface area contributed by atoms with Crippen LogP contribution in [-0.4, -0.2) is 29.0 Å². The molecule has 6 heteroatoms. The number of carbonyl (C=O) groups excluding carboxylic acids is 1. The molecule has 1 saturated heterocycles. The van der Waals surface area contributed by atoms with Gasteiger partial charge >= 0.3 is 0 Å². The van der Waals surface area contributed by atoms with Crippen LogP contribution in [0.3, 0.4) is 0 Å². The molecule has 1 fully saturated rings. The molecule has 2 heterocycles. The topological polar surface area (TPSA) is 69.3 Å². The normalized spacial score (nSPS) is 14.8. The number of rotatable bonds is 5. The first-order chi connectivity index (χ1) is 13.3. The number of fused-ring (bicyclic) bond motifs is 1. The maximum atomic E-state index is 12.9. The highest BCUT2D eigenvalue weighted by molar-refractivity contribution is 6.06. The fourth-order valence-corrected chi connectivity index (χ4v) is 3.30. The Labute approximate surface area is 158 Å². The molecular formula is C21H23N5O. The summed E-state index contributed by atoms with van der Waals surface area (Å²) in [5, 5.41) is 6.15. The number of para-hydroxylation sites is 2. The molecule has 0 spiro atoms. The smallest absolute Gasteiger partial charge is 0.267 e. The molecule has 0 atom stereocenters. The van der Waals surface area contributed by atoms with E-state index in [1.807, 2.05) is 59.6 Å². The number of hydrogen-bond donors (Lipinski definition) is 3. The first-order valence-corrected chi connectivity index (χ1v) is 9.32. The first kappa shape index (κ1) is 17.5. The van der Waals surface area contributed by atoms with Gasteiger partial charge in [-0.3, -0.25) is 10.2 Å². The predicted octanol–water partition coefficient (Wildman–Crippen LogP) is 3.61. The Bertz CT molecular complexity index is 922. The Balaban J connectivity index is 1.58. The maximum Gasteiger partial charge on any atom is 0.267 e. The number of nitrogens with one attached hydrogen (secondary N) is 3. The van der Waals surface area contributed by atoms with Gasteiger partial charge in [-0.2, -0.15) is 5.53 Å². The van der Waals surface area contributed by atoms with Gasteiger partial charge in [-0.25, -0.2) is 9.99 Å². The lowest BCUT2D eigenvalue weighted by Crippen LogP contribution is -2.51. The van der Waals surface area contributed by atoms with Crippen molar-refractivity contribution in [2.75, 3.05) is 18.4 Å². The molecule has 1 aromatic heterocycles. The van der Waals surface area contributed by atoms with Crippen molar-refractivity contribution in [3.05, 3.63) is 66.2 Å². The van der Waals surface area contributed by atoms with Gasteiger partial charge in [-0.15, -0.1) is 0 Å². The van der Waals surface area contributed by atoms with Crippen LogP contribution in [0.1, 0.15) is 29.6 Å². The van der Waals surface area contributed by atoms with Crippen LogP contribution < -0.4 is 16.3 Å². The number of piperidine rings is 1. The molecule has 138 valence electrons. The van der Waals surface area contributed by atoms with Crippen LogP contribution in [0.15, 0.2) is 60.7 Å². The summed E-state index contributed by atoms with van der Waals surface area (Å²) in [6, 6.07) is 19.3. The number of nitrogens with zero attached hydrogens (tertiary/aromatic N) is 2. The van der Waals surface area contributed by atoms with E-state index >= 15 is 0 Å². The van der Waals surface area contributed by atoms with Gasteiger partial charge in [0.15, 0.2) is 0 Å².